The molecule has 23 heteroatoms. The lowest BCUT2D eigenvalue weighted by molar-refractivity contribution is -0.342. The highest BCUT2D eigenvalue weighted by atomic mass is 16.7. The van der Waals surface area contributed by atoms with E-state index in [1.165, 1.54) is 55.7 Å². The van der Waals surface area contributed by atoms with Gasteiger partial charge >= 0.3 is 5.97 Å². The molecular formula is C43H48O23. The van der Waals surface area contributed by atoms with Gasteiger partial charge in [-0.15, -0.1) is 0 Å². The van der Waals surface area contributed by atoms with E-state index in [9.17, 15) is 76.0 Å². The molecule has 23 nitrogen and oxygen atoms in total. The van der Waals surface area contributed by atoms with Crippen LogP contribution in [0, 0.1) is 0 Å². The molecule has 0 unspecified atom stereocenters. The Labute approximate surface area is 372 Å². The number of methoxy groups -OCH3 is 1. The third kappa shape index (κ3) is 9.67. The van der Waals surface area contributed by atoms with Crippen molar-refractivity contribution in [3.8, 4) is 40.1 Å². The number of benzene rings is 3. The molecule has 4 aromatic rings. The largest absolute Gasteiger partial charge is 0.507 e. The quantitative estimate of drug-likeness (QED) is 0.0482. The zero-order valence-corrected chi connectivity index (χ0v) is 34.5. The van der Waals surface area contributed by atoms with Gasteiger partial charge in [0, 0.05) is 23.8 Å². The van der Waals surface area contributed by atoms with Gasteiger partial charge < -0.3 is 104 Å². The summed E-state index contributed by atoms with van der Waals surface area (Å²) in [5.41, 5.74) is -1.12. The van der Waals surface area contributed by atoms with Gasteiger partial charge in [0.1, 0.15) is 120 Å². The predicted molar refractivity (Wildman–Crippen MR) is 219 cm³/mol. The molecule has 0 saturated carbocycles. The number of aliphatic hydroxyl groups excluding tert-OH is 10. The maximum atomic E-state index is 13.7. The Morgan fingerprint density at radius 3 is 1.98 bits per heavy atom. The Morgan fingerprint density at radius 2 is 1.32 bits per heavy atom. The van der Waals surface area contributed by atoms with Crippen molar-refractivity contribution in [1.29, 1.82) is 0 Å². The molecule has 0 spiro atoms. The summed E-state index contributed by atoms with van der Waals surface area (Å²) in [5, 5.41) is 137. The van der Waals surface area contributed by atoms with Crippen LogP contribution in [0.5, 0.6) is 28.7 Å². The molecule has 0 amide bonds. The summed E-state index contributed by atoms with van der Waals surface area (Å²) in [7, 11) is 1.34. The van der Waals surface area contributed by atoms with Crippen molar-refractivity contribution in [2.45, 2.75) is 91.9 Å². The Kier molecular flexibility index (Phi) is 14.8. The summed E-state index contributed by atoms with van der Waals surface area (Å²) in [5.74, 6) is -2.69. The zero-order valence-electron chi connectivity index (χ0n) is 34.5. The van der Waals surface area contributed by atoms with E-state index in [-0.39, 0.29) is 34.2 Å². The Balaban J connectivity index is 1.11. The number of esters is 1. The van der Waals surface area contributed by atoms with Crippen molar-refractivity contribution in [1.82, 2.24) is 0 Å². The monoisotopic (exact) mass is 932 g/mol. The Bertz CT molecular complexity index is 2420. The van der Waals surface area contributed by atoms with Gasteiger partial charge in [0.25, 0.3) is 0 Å². The number of aromatic hydroxyl groups is 3. The summed E-state index contributed by atoms with van der Waals surface area (Å²) in [6, 6.07) is 11.8. The van der Waals surface area contributed by atoms with Crippen molar-refractivity contribution in [2.75, 3.05) is 26.9 Å². The molecule has 3 saturated heterocycles. The van der Waals surface area contributed by atoms with Crippen LogP contribution >= 0.6 is 0 Å². The van der Waals surface area contributed by atoms with Crippen molar-refractivity contribution in [2.24, 2.45) is 0 Å². The number of ether oxygens (including phenoxy) is 7. The van der Waals surface area contributed by atoms with Gasteiger partial charge in [-0.05, 0) is 48.0 Å². The highest BCUT2D eigenvalue weighted by Gasteiger charge is 2.52. The van der Waals surface area contributed by atoms with Crippen LogP contribution in [0.2, 0.25) is 0 Å². The lowest BCUT2D eigenvalue weighted by atomic mass is 9.89. The van der Waals surface area contributed by atoms with Crippen LogP contribution in [-0.4, -0.2) is 185 Å². The van der Waals surface area contributed by atoms with E-state index < -0.39 is 146 Å². The van der Waals surface area contributed by atoms with E-state index in [1.807, 2.05) is 0 Å². The molecule has 3 fully saturated rings. The van der Waals surface area contributed by atoms with E-state index in [0.29, 0.717) is 5.56 Å². The van der Waals surface area contributed by atoms with Crippen LogP contribution in [0.4, 0.5) is 0 Å². The highest BCUT2D eigenvalue weighted by molar-refractivity contribution is 5.88. The van der Waals surface area contributed by atoms with E-state index >= 15 is 0 Å². The topological polar surface area (TPSA) is 375 Å². The number of phenolic OH excluding ortho intramolecular Hbond substituents is 3. The fourth-order valence-corrected chi connectivity index (χ4v) is 7.69. The van der Waals surface area contributed by atoms with Crippen LogP contribution in [-0.2, 0) is 28.5 Å². The molecule has 0 bridgehead atoms. The molecule has 0 aliphatic carbocycles. The number of fused-ring (bicyclic) bond motifs is 1. The van der Waals surface area contributed by atoms with Gasteiger partial charge in [-0.3, -0.25) is 4.79 Å². The minimum atomic E-state index is -2.07. The number of rotatable bonds is 13. The number of hydrogen-bond acceptors (Lipinski definition) is 23. The summed E-state index contributed by atoms with van der Waals surface area (Å²) in [6.07, 6.45) is -24.2. The molecule has 4 heterocycles. The van der Waals surface area contributed by atoms with E-state index in [4.69, 9.17) is 37.6 Å². The number of hydrogen-bond donors (Lipinski definition) is 13. The lowest BCUT2D eigenvalue weighted by Crippen LogP contribution is -2.63. The fraction of sp³-hybridized carbons (Fsp3) is 0.442. The van der Waals surface area contributed by atoms with Gasteiger partial charge in [-0.2, -0.15) is 0 Å². The summed E-state index contributed by atoms with van der Waals surface area (Å²) in [6.45, 7) is -2.31. The maximum Gasteiger partial charge on any atom is 0.330 e. The molecule has 0 radical (unpaired) electrons. The third-order valence-electron chi connectivity index (χ3n) is 11.4. The molecule has 66 heavy (non-hydrogen) atoms. The number of phenols is 3. The van der Waals surface area contributed by atoms with Gasteiger partial charge in [0.2, 0.25) is 6.29 Å². The molecule has 3 aromatic carbocycles. The first-order chi connectivity index (χ1) is 31.4. The Hall–Kier alpha value is -5.48. The molecular weight excluding hydrogens is 884 g/mol. The van der Waals surface area contributed by atoms with Gasteiger partial charge in [0.15, 0.2) is 23.2 Å². The smallest absolute Gasteiger partial charge is 0.330 e. The second-order valence-electron chi connectivity index (χ2n) is 15.6. The van der Waals surface area contributed by atoms with Crippen LogP contribution in [0.25, 0.3) is 28.4 Å². The van der Waals surface area contributed by atoms with Gasteiger partial charge in [-0.1, -0.05) is 6.07 Å². The average Bonchev–Trinajstić information content (AvgIpc) is 3.30. The van der Waals surface area contributed by atoms with Crippen molar-refractivity contribution < 1.29 is 109 Å². The molecule has 3 aliphatic heterocycles. The SMILES string of the molecule is COc1cc(/C=C/C(=O)OC[C@H]2O[C@@H](O[C@@H]3[C@@H](O)[C@H](O)[C@@H](CO)O[C@H]3c3c(O)cc4oc(-c5ccc(O[C@@H]6O[C@H](CO)[C@@H](O)[C@H](O)[C@H]6O)cc5)cc(=O)c4c3O)[C@H](O)[C@@H](O)[C@@H]2O)ccc1O. The molecule has 3 aliphatic rings. The van der Waals surface area contributed by atoms with Crippen LogP contribution < -0.4 is 14.9 Å². The van der Waals surface area contributed by atoms with E-state index in [2.05, 4.69) is 0 Å². The number of carbonyl (C=O) groups is 1. The standard InChI is InChI=1S/C43H48O23/c1-59-23-10-16(2-8-19(23)46)3-9-28(49)60-15-27-33(52)36(55)39(58)43(65-27)66-41-37(56)32(51)25(13-44)63-40(41)30-21(48)12-24-29(34(30)53)20(47)11-22(62-24)17-4-6-18(7-5-17)61-42-38(57)35(54)31(50)26(14-45)64-42/h2-12,25-27,31-33,35-46,48,50-58H,13-15H2,1H3/b9-3+/t25-,26-,27-,31-,32-,33-,35+,36+,37+,38-,39-,40+,41-,42-,43+/m1/s1. The van der Waals surface area contributed by atoms with Crippen LogP contribution in [0.15, 0.2) is 69.9 Å². The number of aliphatic hydroxyl groups is 10. The minimum absolute atomic E-state index is 0.0779. The molecule has 1 aromatic heterocycles. The summed E-state index contributed by atoms with van der Waals surface area (Å²) < 4.78 is 44.4. The van der Waals surface area contributed by atoms with Crippen molar-refractivity contribution in [3.63, 3.8) is 0 Å². The molecule has 358 valence electrons. The van der Waals surface area contributed by atoms with Crippen LogP contribution in [0.3, 0.4) is 0 Å². The summed E-state index contributed by atoms with van der Waals surface area (Å²) >= 11 is 0. The second kappa shape index (κ2) is 20.2. The van der Waals surface area contributed by atoms with Gasteiger partial charge in [0.05, 0.1) is 25.9 Å². The Morgan fingerprint density at radius 1 is 0.697 bits per heavy atom. The average molecular weight is 933 g/mol. The normalized spacial score (nSPS) is 32.6. The second-order valence-corrected chi connectivity index (χ2v) is 15.6. The van der Waals surface area contributed by atoms with E-state index in [0.717, 1.165) is 18.2 Å². The molecule has 15 atom stereocenters. The minimum Gasteiger partial charge on any atom is -0.507 e. The van der Waals surface area contributed by atoms with E-state index in [1.54, 1.807) is 0 Å². The van der Waals surface area contributed by atoms with Crippen LogP contribution in [0.1, 0.15) is 17.2 Å². The molecule has 7 rings (SSSR count). The fourth-order valence-electron chi connectivity index (χ4n) is 7.69. The maximum absolute atomic E-state index is 13.7. The van der Waals surface area contributed by atoms with Gasteiger partial charge in [-0.25, -0.2) is 4.79 Å². The zero-order chi connectivity index (χ0) is 47.7. The molecule has 13 N–H and O–H groups in total. The first-order valence-corrected chi connectivity index (χ1v) is 20.3. The van der Waals surface area contributed by atoms with Crippen molar-refractivity contribution >= 4 is 23.0 Å². The first kappa shape index (κ1) is 48.5. The summed E-state index contributed by atoms with van der Waals surface area (Å²) in [4.78, 5) is 26.2. The number of carbonyl (C=O) groups excluding carboxylic acids is 1. The lowest BCUT2D eigenvalue weighted by Gasteiger charge is -2.46. The van der Waals surface area contributed by atoms with Crippen molar-refractivity contribution in [3.05, 3.63) is 82.0 Å². The first-order valence-electron chi connectivity index (χ1n) is 20.3. The predicted octanol–water partition coefficient (Wildman–Crippen LogP) is -2.63. The third-order valence-corrected chi connectivity index (χ3v) is 11.4. The highest BCUT2D eigenvalue weighted by Crippen LogP contribution is 2.46.